The van der Waals surface area contributed by atoms with E-state index in [0.29, 0.717) is 10.0 Å². The van der Waals surface area contributed by atoms with E-state index >= 15 is 0 Å². The van der Waals surface area contributed by atoms with Crippen LogP contribution in [0.4, 0.5) is 4.39 Å². The molecular formula is C10H13BrFNO. The van der Waals surface area contributed by atoms with Crippen LogP contribution in [0.3, 0.4) is 0 Å². The number of rotatable bonds is 2. The number of halogens is 2. The second kappa shape index (κ2) is 4.28. The van der Waals surface area contributed by atoms with Crippen LogP contribution in [-0.2, 0) is 0 Å². The summed E-state index contributed by atoms with van der Waals surface area (Å²) in [5.74, 6) is -0.233. The van der Waals surface area contributed by atoms with Gasteiger partial charge in [-0.05, 0) is 34.0 Å². The van der Waals surface area contributed by atoms with Crippen molar-refractivity contribution in [2.45, 2.75) is 19.9 Å². The molecule has 2 nitrogen and oxygen atoms in total. The minimum Gasteiger partial charge on any atom is -0.506 e. The number of nitrogens with two attached hydrogens (primary N) is 1. The number of hydrogen-bond acceptors (Lipinski definition) is 2. The third-order valence-electron chi connectivity index (χ3n) is 2.14. The van der Waals surface area contributed by atoms with E-state index in [1.54, 1.807) is 0 Å². The Morgan fingerprint density at radius 1 is 1.43 bits per heavy atom. The lowest BCUT2D eigenvalue weighted by molar-refractivity contribution is 0.433. The molecule has 1 aromatic carbocycles. The molecule has 0 bridgehead atoms. The first kappa shape index (κ1) is 11.5. The summed E-state index contributed by atoms with van der Waals surface area (Å²) >= 11 is 3.07. The van der Waals surface area contributed by atoms with Crippen LogP contribution in [0.15, 0.2) is 16.6 Å². The largest absolute Gasteiger partial charge is 0.506 e. The lowest BCUT2D eigenvalue weighted by Crippen LogP contribution is -2.17. The van der Waals surface area contributed by atoms with Crippen LogP contribution >= 0.6 is 15.9 Å². The van der Waals surface area contributed by atoms with Crippen molar-refractivity contribution in [3.8, 4) is 5.75 Å². The fraction of sp³-hybridized carbons (Fsp3) is 0.400. The number of phenols is 1. The fourth-order valence-corrected chi connectivity index (χ4v) is 1.65. The normalized spacial score (nSPS) is 13.3. The van der Waals surface area contributed by atoms with Gasteiger partial charge in [0.05, 0.1) is 4.47 Å². The summed E-state index contributed by atoms with van der Waals surface area (Å²) < 4.78 is 13.4. The molecule has 14 heavy (non-hydrogen) atoms. The SMILES string of the molecule is CC(C)C(N)c1cc(F)cc(Br)c1O. The van der Waals surface area contributed by atoms with E-state index in [1.807, 2.05) is 13.8 Å². The van der Waals surface area contributed by atoms with Crippen LogP contribution in [0, 0.1) is 11.7 Å². The summed E-state index contributed by atoms with van der Waals surface area (Å²) in [6.45, 7) is 3.84. The highest BCUT2D eigenvalue weighted by Gasteiger charge is 2.17. The molecule has 3 N–H and O–H groups in total. The van der Waals surface area contributed by atoms with Gasteiger partial charge >= 0.3 is 0 Å². The maximum absolute atomic E-state index is 13.0. The average Bonchev–Trinajstić information content (AvgIpc) is 2.09. The molecule has 0 spiro atoms. The van der Waals surface area contributed by atoms with Gasteiger partial charge in [0.1, 0.15) is 11.6 Å². The maximum atomic E-state index is 13.0. The molecule has 1 unspecified atom stereocenters. The van der Waals surface area contributed by atoms with Gasteiger partial charge in [-0.1, -0.05) is 13.8 Å². The highest BCUT2D eigenvalue weighted by Crippen LogP contribution is 2.34. The molecule has 0 aliphatic carbocycles. The van der Waals surface area contributed by atoms with Crippen LogP contribution < -0.4 is 5.73 Å². The second-order valence-corrected chi connectivity index (χ2v) is 4.45. The minimum atomic E-state index is -0.402. The summed E-state index contributed by atoms with van der Waals surface area (Å²) in [6, 6.07) is 2.12. The minimum absolute atomic E-state index is 0.0209. The molecule has 0 saturated carbocycles. The summed E-state index contributed by atoms with van der Waals surface area (Å²) in [4.78, 5) is 0. The van der Waals surface area contributed by atoms with E-state index in [1.165, 1.54) is 12.1 Å². The van der Waals surface area contributed by atoms with Gasteiger partial charge in [0.2, 0.25) is 0 Å². The first-order valence-electron chi connectivity index (χ1n) is 4.37. The van der Waals surface area contributed by atoms with Crippen molar-refractivity contribution in [3.63, 3.8) is 0 Å². The third-order valence-corrected chi connectivity index (χ3v) is 2.74. The Morgan fingerprint density at radius 2 is 2.00 bits per heavy atom. The number of benzene rings is 1. The van der Waals surface area contributed by atoms with Crippen LogP contribution in [0.25, 0.3) is 0 Å². The molecule has 0 radical (unpaired) electrons. The Hall–Kier alpha value is -0.610. The standard InChI is InChI=1S/C10H13BrFNO/c1-5(2)9(13)7-3-6(12)4-8(11)10(7)14/h3-5,9,14H,13H2,1-2H3. The van der Waals surface area contributed by atoms with Crippen molar-refractivity contribution in [2.24, 2.45) is 11.7 Å². The van der Waals surface area contributed by atoms with Crippen LogP contribution in [-0.4, -0.2) is 5.11 Å². The van der Waals surface area contributed by atoms with Crippen LogP contribution in [0.2, 0.25) is 0 Å². The molecule has 1 rings (SSSR count). The van der Waals surface area contributed by atoms with Crippen molar-refractivity contribution >= 4 is 15.9 Å². The van der Waals surface area contributed by atoms with Gasteiger partial charge in [-0.25, -0.2) is 4.39 Å². The molecule has 1 atom stereocenters. The fourth-order valence-electron chi connectivity index (χ4n) is 1.20. The lowest BCUT2D eigenvalue weighted by atomic mass is 9.96. The zero-order valence-electron chi connectivity index (χ0n) is 8.09. The van der Waals surface area contributed by atoms with Gasteiger partial charge in [0.25, 0.3) is 0 Å². The molecular weight excluding hydrogens is 249 g/mol. The highest BCUT2D eigenvalue weighted by molar-refractivity contribution is 9.10. The van der Waals surface area contributed by atoms with E-state index in [4.69, 9.17) is 5.73 Å². The zero-order valence-corrected chi connectivity index (χ0v) is 9.68. The Labute approximate surface area is 91.1 Å². The van der Waals surface area contributed by atoms with Crippen LogP contribution in [0.1, 0.15) is 25.5 Å². The molecule has 0 fully saturated rings. The average molecular weight is 262 g/mol. The number of phenolic OH excluding ortho intramolecular Hbond substituents is 1. The molecule has 4 heteroatoms. The summed E-state index contributed by atoms with van der Waals surface area (Å²) in [7, 11) is 0. The molecule has 0 saturated heterocycles. The van der Waals surface area contributed by atoms with E-state index in [2.05, 4.69) is 15.9 Å². The van der Waals surface area contributed by atoms with Gasteiger partial charge in [0, 0.05) is 11.6 Å². The van der Waals surface area contributed by atoms with Gasteiger partial charge < -0.3 is 10.8 Å². The topological polar surface area (TPSA) is 46.2 Å². The maximum Gasteiger partial charge on any atom is 0.134 e. The monoisotopic (exact) mass is 261 g/mol. The van der Waals surface area contributed by atoms with Crippen molar-refractivity contribution in [1.82, 2.24) is 0 Å². The Kier molecular flexibility index (Phi) is 3.50. The summed E-state index contributed by atoms with van der Waals surface area (Å²) in [6.07, 6.45) is 0. The van der Waals surface area contributed by atoms with E-state index in [-0.39, 0.29) is 17.7 Å². The first-order chi connectivity index (χ1) is 6.43. The predicted octanol–water partition coefficient (Wildman–Crippen LogP) is 2.95. The van der Waals surface area contributed by atoms with Crippen molar-refractivity contribution in [1.29, 1.82) is 0 Å². The van der Waals surface area contributed by atoms with Crippen molar-refractivity contribution < 1.29 is 9.50 Å². The van der Waals surface area contributed by atoms with E-state index < -0.39 is 5.82 Å². The van der Waals surface area contributed by atoms with Gasteiger partial charge in [-0.15, -0.1) is 0 Å². The van der Waals surface area contributed by atoms with E-state index in [0.717, 1.165) is 0 Å². The summed E-state index contributed by atoms with van der Waals surface area (Å²) in [5.41, 5.74) is 6.27. The molecule has 0 aliphatic rings. The van der Waals surface area contributed by atoms with Gasteiger partial charge in [0.15, 0.2) is 0 Å². The predicted molar refractivity (Wildman–Crippen MR) is 57.5 cm³/mol. The van der Waals surface area contributed by atoms with Gasteiger partial charge in [-0.2, -0.15) is 0 Å². The molecule has 1 aromatic rings. The highest BCUT2D eigenvalue weighted by atomic mass is 79.9. The smallest absolute Gasteiger partial charge is 0.134 e. The first-order valence-corrected chi connectivity index (χ1v) is 5.16. The van der Waals surface area contributed by atoms with Crippen molar-refractivity contribution in [2.75, 3.05) is 0 Å². The molecule has 0 aromatic heterocycles. The molecule has 0 heterocycles. The molecule has 0 amide bonds. The Balaban J connectivity index is 3.20. The Bertz CT molecular complexity index is 341. The lowest BCUT2D eigenvalue weighted by Gasteiger charge is -2.18. The second-order valence-electron chi connectivity index (χ2n) is 3.60. The molecule has 0 aliphatic heterocycles. The molecule has 78 valence electrons. The number of aromatic hydroxyl groups is 1. The Morgan fingerprint density at radius 3 is 2.50 bits per heavy atom. The quantitative estimate of drug-likeness (QED) is 0.860. The van der Waals surface area contributed by atoms with Crippen LogP contribution in [0.5, 0.6) is 5.75 Å². The summed E-state index contributed by atoms with van der Waals surface area (Å²) in [5, 5.41) is 9.65. The third kappa shape index (κ3) is 2.25. The van der Waals surface area contributed by atoms with Gasteiger partial charge in [-0.3, -0.25) is 0 Å². The number of hydrogen-bond donors (Lipinski definition) is 2. The van der Waals surface area contributed by atoms with E-state index in [9.17, 15) is 9.50 Å². The van der Waals surface area contributed by atoms with Crippen molar-refractivity contribution in [3.05, 3.63) is 28.0 Å². The zero-order chi connectivity index (χ0) is 10.9.